The maximum absolute atomic E-state index is 10.9. The van der Waals surface area contributed by atoms with Crippen LogP contribution in [0.4, 0.5) is 17.2 Å². The van der Waals surface area contributed by atoms with Crippen LogP contribution in [0.1, 0.15) is 11.1 Å². The summed E-state index contributed by atoms with van der Waals surface area (Å²) in [7, 11) is 0. The zero-order valence-corrected chi connectivity index (χ0v) is 30.5. The maximum atomic E-state index is 10.9. The number of phenols is 1. The Labute approximate surface area is 319 Å². The van der Waals surface area contributed by atoms with Gasteiger partial charge < -0.3 is 10.0 Å². The first-order valence-electron chi connectivity index (χ1n) is 17.0. The minimum absolute atomic E-state index is 0. The molecule has 0 radical (unpaired) electrons. The largest absolute Gasteiger partial charge is 0.507 e. The molecule has 52 heavy (non-hydrogen) atoms. The molecule has 0 fully saturated rings. The number of aromatic hydroxyl groups is 1. The van der Waals surface area contributed by atoms with Crippen molar-refractivity contribution in [2.45, 2.75) is 6.42 Å². The van der Waals surface area contributed by atoms with Crippen molar-refractivity contribution in [3.8, 4) is 50.5 Å². The predicted octanol–water partition coefficient (Wildman–Crippen LogP) is 11.7. The molecule has 2 heterocycles. The van der Waals surface area contributed by atoms with Gasteiger partial charge in [0.25, 0.3) is 0 Å². The number of rotatable bonds is 9. The van der Waals surface area contributed by atoms with Crippen molar-refractivity contribution in [3.05, 3.63) is 205 Å². The van der Waals surface area contributed by atoms with E-state index in [1.54, 1.807) is 6.07 Å². The van der Waals surface area contributed by atoms with Gasteiger partial charge in [-0.2, -0.15) is 0 Å². The number of pyridine rings is 2. The molecule has 0 aliphatic rings. The summed E-state index contributed by atoms with van der Waals surface area (Å²) >= 11 is 0. The Morgan fingerprint density at radius 1 is 0.519 bits per heavy atom. The average molecular weight is 852 g/mol. The second kappa shape index (κ2) is 15.9. The molecule has 8 aromatic rings. The first-order chi connectivity index (χ1) is 25.2. The molecule has 0 spiro atoms. The minimum atomic E-state index is 0. The normalized spacial score (nSPS) is 10.7. The second-order valence-electron chi connectivity index (χ2n) is 12.4. The summed E-state index contributed by atoms with van der Waals surface area (Å²) in [6.45, 7) is 0. The third-order valence-electron chi connectivity index (χ3n) is 8.89. The zero-order chi connectivity index (χ0) is 34.4. The van der Waals surface area contributed by atoms with Crippen LogP contribution < -0.4 is 4.90 Å². The summed E-state index contributed by atoms with van der Waals surface area (Å²) in [6, 6.07) is 65.3. The molecular weight excluding hydrogens is 818 g/mol. The number of phenolic OH excluding ortho intramolecular Hbond substituents is 1. The second-order valence-corrected chi connectivity index (χ2v) is 12.4. The molecule has 4 nitrogen and oxygen atoms in total. The van der Waals surface area contributed by atoms with Gasteiger partial charge in [0.05, 0.1) is 5.69 Å². The Bertz CT molecular complexity index is 2400. The number of anilines is 3. The molecule has 254 valence electrons. The molecular formula is C47H34N3OPt-. The van der Waals surface area contributed by atoms with E-state index in [-0.39, 0.29) is 26.8 Å². The van der Waals surface area contributed by atoms with Gasteiger partial charge in [-0.1, -0.05) is 133 Å². The summed E-state index contributed by atoms with van der Waals surface area (Å²) in [5, 5.41) is 10.9. The summed E-state index contributed by atoms with van der Waals surface area (Å²) in [5.74, 6) is 0.964. The van der Waals surface area contributed by atoms with Gasteiger partial charge in [0.1, 0.15) is 11.6 Å². The number of nitrogens with zero attached hydrogens (tertiary/aromatic N) is 3. The van der Waals surface area contributed by atoms with Crippen molar-refractivity contribution >= 4 is 17.2 Å². The SMILES string of the molecule is Oc1ccccc1-c1cc(Cc2ccccc2)cc(-c2[c-]c(N(c3ccccc3)c3cc(-c4ccccc4)ccn3)cc(-c3ccccc3)c2)n1.[Pt]. The third kappa shape index (κ3) is 7.63. The van der Waals surface area contributed by atoms with Gasteiger partial charge in [-0.25, -0.2) is 4.98 Å². The van der Waals surface area contributed by atoms with Crippen molar-refractivity contribution in [2.75, 3.05) is 4.90 Å². The van der Waals surface area contributed by atoms with E-state index in [1.165, 1.54) is 5.56 Å². The fraction of sp³-hybridized carbons (Fsp3) is 0.0213. The molecule has 0 atom stereocenters. The van der Waals surface area contributed by atoms with Crippen LogP contribution in [-0.4, -0.2) is 15.1 Å². The van der Waals surface area contributed by atoms with Gasteiger partial charge >= 0.3 is 0 Å². The number of hydrogen-bond acceptors (Lipinski definition) is 4. The third-order valence-corrected chi connectivity index (χ3v) is 8.89. The van der Waals surface area contributed by atoms with Crippen molar-refractivity contribution in [1.29, 1.82) is 0 Å². The molecule has 0 saturated carbocycles. The minimum Gasteiger partial charge on any atom is -0.507 e. The van der Waals surface area contributed by atoms with E-state index in [4.69, 9.17) is 9.97 Å². The summed E-state index contributed by atoms with van der Waals surface area (Å²) in [6.07, 6.45) is 2.58. The van der Waals surface area contributed by atoms with E-state index in [2.05, 4.69) is 126 Å². The fourth-order valence-corrected chi connectivity index (χ4v) is 6.42. The molecule has 0 aliphatic heterocycles. The number of para-hydroxylation sites is 2. The molecule has 2 aromatic heterocycles. The topological polar surface area (TPSA) is 49.2 Å². The Kier molecular flexibility index (Phi) is 10.5. The van der Waals surface area contributed by atoms with Crippen LogP contribution in [0.2, 0.25) is 0 Å². The zero-order valence-electron chi connectivity index (χ0n) is 28.2. The smallest absolute Gasteiger partial charge is 0.136 e. The molecule has 0 unspecified atom stereocenters. The standard InChI is InChI=1S/C47H34N3O.Pt/c51-46-24-14-13-23-43(46)45-29-35(27-34-15-5-1-6-16-34)28-44(49-45)40-30-39(37-19-9-3-10-20-37)31-42(32-40)50(41-21-11-4-12-22-41)47-33-38(25-26-48-47)36-17-7-2-8-18-36;/h1-26,28-31,33,51H,27H2;/q-1;. The van der Waals surface area contributed by atoms with Crippen LogP contribution in [0.25, 0.3) is 44.8 Å². The summed E-state index contributed by atoms with van der Waals surface area (Å²) in [5.41, 5.74) is 11.3. The Morgan fingerprint density at radius 3 is 1.81 bits per heavy atom. The Balaban J connectivity index is 0.00000420. The summed E-state index contributed by atoms with van der Waals surface area (Å²) < 4.78 is 0. The Hall–Kier alpha value is -6.09. The van der Waals surface area contributed by atoms with Crippen LogP contribution in [0.15, 0.2) is 188 Å². The summed E-state index contributed by atoms with van der Waals surface area (Å²) in [4.78, 5) is 12.2. The van der Waals surface area contributed by atoms with Crippen LogP contribution in [0.3, 0.4) is 0 Å². The average Bonchev–Trinajstić information content (AvgIpc) is 3.19. The Morgan fingerprint density at radius 2 is 1.12 bits per heavy atom. The molecule has 5 heteroatoms. The van der Waals surface area contributed by atoms with Crippen LogP contribution in [0.5, 0.6) is 5.75 Å². The number of aromatic nitrogens is 2. The van der Waals surface area contributed by atoms with Gasteiger partial charge in [0, 0.05) is 38.5 Å². The van der Waals surface area contributed by atoms with E-state index in [9.17, 15) is 5.11 Å². The first-order valence-corrected chi connectivity index (χ1v) is 17.0. The van der Waals surface area contributed by atoms with E-state index in [1.807, 2.05) is 66.9 Å². The van der Waals surface area contributed by atoms with Crippen molar-refractivity contribution in [1.82, 2.24) is 9.97 Å². The molecule has 6 aromatic carbocycles. The fourth-order valence-electron chi connectivity index (χ4n) is 6.42. The predicted molar refractivity (Wildman–Crippen MR) is 208 cm³/mol. The monoisotopic (exact) mass is 851 g/mol. The van der Waals surface area contributed by atoms with E-state index < -0.39 is 0 Å². The molecule has 1 N–H and O–H groups in total. The van der Waals surface area contributed by atoms with Crippen LogP contribution >= 0.6 is 0 Å². The van der Waals surface area contributed by atoms with Gasteiger partial charge in [-0.3, -0.25) is 4.98 Å². The number of benzene rings is 6. The van der Waals surface area contributed by atoms with Crippen molar-refractivity contribution in [3.63, 3.8) is 0 Å². The van der Waals surface area contributed by atoms with Crippen LogP contribution in [0, 0.1) is 6.07 Å². The van der Waals surface area contributed by atoms with Gasteiger partial charge in [-0.05, 0) is 88.1 Å². The molecule has 0 bridgehead atoms. The van der Waals surface area contributed by atoms with Gasteiger partial charge in [0.2, 0.25) is 0 Å². The van der Waals surface area contributed by atoms with E-state index in [0.717, 1.165) is 56.3 Å². The van der Waals surface area contributed by atoms with E-state index in [0.29, 0.717) is 17.7 Å². The molecule has 0 saturated heterocycles. The number of hydrogen-bond donors (Lipinski definition) is 1. The maximum Gasteiger partial charge on any atom is 0.136 e. The molecule has 0 aliphatic carbocycles. The quantitative estimate of drug-likeness (QED) is 0.147. The first kappa shape index (κ1) is 34.4. The molecule has 8 rings (SSSR count). The van der Waals surface area contributed by atoms with Crippen LogP contribution in [-0.2, 0) is 27.5 Å². The van der Waals surface area contributed by atoms with Gasteiger partial charge in [0.15, 0.2) is 0 Å². The molecule has 0 amide bonds. The van der Waals surface area contributed by atoms with Crippen molar-refractivity contribution in [2.24, 2.45) is 0 Å². The van der Waals surface area contributed by atoms with E-state index >= 15 is 0 Å². The van der Waals surface area contributed by atoms with Crippen molar-refractivity contribution < 1.29 is 26.2 Å². The van der Waals surface area contributed by atoms with Gasteiger partial charge in [-0.15, -0.1) is 23.8 Å².